The van der Waals surface area contributed by atoms with Gasteiger partial charge in [-0.3, -0.25) is 0 Å². The summed E-state index contributed by atoms with van der Waals surface area (Å²) >= 11 is 0. The van der Waals surface area contributed by atoms with Crippen molar-refractivity contribution >= 4 is 0 Å². The van der Waals surface area contributed by atoms with E-state index in [-0.39, 0.29) is 0 Å². The molecule has 0 aromatic carbocycles. The summed E-state index contributed by atoms with van der Waals surface area (Å²) in [4.78, 5) is 0. The monoisotopic (exact) mass is 144 g/mol. The Bertz CT molecular complexity index is 278. The van der Waals surface area contributed by atoms with Crippen molar-refractivity contribution in [2.75, 3.05) is 0 Å². The van der Waals surface area contributed by atoms with Gasteiger partial charge >= 0.3 is 0 Å². The minimum absolute atomic E-state index is 0.913. The van der Waals surface area contributed by atoms with Crippen molar-refractivity contribution in [1.82, 2.24) is 0 Å². The second-order valence-corrected chi connectivity index (χ2v) is 3.79. The number of fused-ring (bicyclic) bond motifs is 2. The Morgan fingerprint density at radius 1 is 1.27 bits per heavy atom. The van der Waals surface area contributed by atoms with Crippen LogP contribution in [0.3, 0.4) is 0 Å². The quantitative estimate of drug-likeness (QED) is 0.490. The molecule has 1 fully saturated rings. The van der Waals surface area contributed by atoms with Crippen LogP contribution in [0.2, 0.25) is 0 Å². The Hall–Kier alpha value is -0.780. The predicted octanol–water partition coefficient (Wildman–Crippen LogP) is 2.84. The minimum Gasteiger partial charge on any atom is -0.0839 e. The fourth-order valence-electron chi connectivity index (χ4n) is 2.27. The molecular formula is C11H12. The zero-order chi connectivity index (χ0) is 7.26. The molecule has 0 heterocycles. The second kappa shape index (κ2) is 1.88. The van der Waals surface area contributed by atoms with Gasteiger partial charge in [-0.05, 0) is 42.2 Å². The van der Waals surface area contributed by atoms with Crippen molar-refractivity contribution < 1.29 is 0 Å². The van der Waals surface area contributed by atoms with Gasteiger partial charge in [-0.2, -0.15) is 0 Å². The maximum Gasteiger partial charge on any atom is -0.00902 e. The summed E-state index contributed by atoms with van der Waals surface area (Å²) < 4.78 is 0. The van der Waals surface area contributed by atoms with Crippen molar-refractivity contribution in [3.8, 4) is 0 Å². The topological polar surface area (TPSA) is 0 Å². The molecule has 3 aliphatic carbocycles. The van der Waals surface area contributed by atoms with Crippen molar-refractivity contribution in [2.24, 2.45) is 11.8 Å². The molecule has 0 nitrogen and oxygen atoms in total. The summed E-state index contributed by atoms with van der Waals surface area (Å²) in [5.74, 6) is 1.84. The Balaban J connectivity index is 2.08. The molecule has 0 spiro atoms. The lowest BCUT2D eigenvalue weighted by Gasteiger charge is -2.15. The second-order valence-electron chi connectivity index (χ2n) is 3.79. The highest BCUT2D eigenvalue weighted by Gasteiger charge is 2.40. The molecule has 1 saturated carbocycles. The van der Waals surface area contributed by atoms with Crippen molar-refractivity contribution in [3.63, 3.8) is 0 Å². The van der Waals surface area contributed by atoms with Crippen LogP contribution >= 0.6 is 0 Å². The third kappa shape index (κ3) is 0.756. The van der Waals surface area contributed by atoms with Crippen LogP contribution in [0, 0.1) is 11.8 Å². The smallest absolute Gasteiger partial charge is 0.00902 e. The van der Waals surface area contributed by atoms with E-state index < -0.39 is 0 Å². The minimum atomic E-state index is 0.913. The highest BCUT2D eigenvalue weighted by atomic mass is 14.4. The molecule has 2 atom stereocenters. The van der Waals surface area contributed by atoms with E-state index in [1.54, 1.807) is 11.1 Å². The Morgan fingerprint density at radius 3 is 3.27 bits per heavy atom. The molecule has 0 heteroatoms. The zero-order valence-electron chi connectivity index (χ0n) is 6.59. The summed E-state index contributed by atoms with van der Waals surface area (Å²) in [6.45, 7) is 0. The van der Waals surface area contributed by atoms with Crippen molar-refractivity contribution in [2.45, 2.75) is 19.3 Å². The van der Waals surface area contributed by atoms with Crippen molar-refractivity contribution in [3.05, 3.63) is 35.5 Å². The van der Waals surface area contributed by atoms with Gasteiger partial charge in [0, 0.05) is 0 Å². The van der Waals surface area contributed by atoms with Gasteiger partial charge in [0.1, 0.15) is 0 Å². The van der Waals surface area contributed by atoms with E-state index in [1.807, 2.05) is 0 Å². The highest BCUT2D eigenvalue weighted by Crippen LogP contribution is 2.51. The lowest BCUT2D eigenvalue weighted by Crippen LogP contribution is -1.99. The summed E-state index contributed by atoms with van der Waals surface area (Å²) in [6.07, 6.45) is 13.4. The van der Waals surface area contributed by atoms with E-state index >= 15 is 0 Å². The Kier molecular flexibility index (Phi) is 0.993. The maximum atomic E-state index is 2.41. The molecule has 2 unspecified atom stereocenters. The molecule has 0 saturated heterocycles. The van der Waals surface area contributed by atoms with Crippen LogP contribution in [0.4, 0.5) is 0 Å². The van der Waals surface area contributed by atoms with Gasteiger partial charge in [-0.25, -0.2) is 0 Å². The molecular weight excluding hydrogens is 132 g/mol. The first-order chi connectivity index (χ1) is 5.45. The van der Waals surface area contributed by atoms with E-state index in [4.69, 9.17) is 0 Å². The average Bonchev–Trinajstić information content (AvgIpc) is 2.83. The molecule has 3 rings (SSSR count). The number of hydrogen-bond acceptors (Lipinski definition) is 0. The van der Waals surface area contributed by atoms with Gasteiger partial charge in [-0.15, -0.1) is 0 Å². The molecule has 0 N–H and O–H groups in total. The van der Waals surface area contributed by atoms with Gasteiger partial charge < -0.3 is 0 Å². The van der Waals surface area contributed by atoms with E-state index in [9.17, 15) is 0 Å². The fraction of sp³-hybridized carbons (Fsp3) is 0.455. The first-order valence-electron chi connectivity index (χ1n) is 4.53. The van der Waals surface area contributed by atoms with Crippen LogP contribution in [-0.4, -0.2) is 0 Å². The molecule has 0 aromatic heterocycles. The summed E-state index contributed by atoms with van der Waals surface area (Å²) in [6, 6.07) is 0. The predicted molar refractivity (Wildman–Crippen MR) is 46.1 cm³/mol. The first-order valence-corrected chi connectivity index (χ1v) is 4.53. The van der Waals surface area contributed by atoms with E-state index in [2.05, 4.69) is 24.3 Å². The van der Waals surface area contributed by atoms with Gasteiger partial charge in [0.25, 0.3) is 0 Å². The molecule has 0 aromatic rings. The fourth-order valence-corrected chi connectivity index (χ4v) is 2.27. The largest absolute Gasteiger partial charge is 0.0839 e. The van der Waals surface area contributed by atoms with Gasteiger partial charge in [-0.1, -0.05) is 24.3 Å². The van der Waals surface area contributed by atoms with Crippen molar-refractivity contribution in [1.29, 1.82) is 0 Å². The number of allylic oxidation sites excluding steroid dienone is 6. The van der Waals surface area contributed by atoms with Crippen LogP contribution in [0.25, 0.3) is 0 Å². The van der Waals surface area contributed by atoms with Crippen LogP contribution < -0.4 is 0 Å². The molecule has 3 aliphatic rings. The van der Waals surface area contributed by atoms with Crippen LogP contribution in [0.1, 0.15) is 19.3 Å². The molecule has 0 aliphatic heterocycles. The summed E-state index contributed by atoms with van der Waals surface area (Å²) in [5.41, 5.74) is 3.27. The number of hydrogen-bond donors (Lipinski definition) is 0. The first kappa shape index (κ1) is 5.82. The van der Waals surface area contributed by atoms with Crippen LogP contribution in [0.5, 0.6) is 0 Å². The summed E-state index contributed by atoms with van der Waals surface area (Å²) in [7, 11) is 0. The summed E-state index contributed by atoms with van der Waals surface area (Å²) in [5, 5.41) is 0. The lowest BCUT2D eigenvalue weighted by atomic mass is 9.90. The average molecular weight is 144 g/mol. The molecule has 0 radical (unpaired) electrons. The third-order valence-electron chi connectivity index (χ3n) is 3.03. The third-order valence-corrected chi connectivity index (χ3v) is 3.03. The molecule has 0 bridgehead atoms. The van der Waals surface area contributed by atoms with Gasteiger partial charge in [0.15, 0.2) is 0 Å². The molecule has 11 heavy (non-hydrogen) atoms. The zero-order valence-corrected chi connectivity index (χ0v) is 6.59. The number of rotatable bonds is 0. The van der Waals surface area contributed by atoms with Gasteiger partial charge in [0.2, 0.25) is 0 Å². The highest BCUT2D eigenvalue weighted by molar-refractivity contribution is 5.45. The maximum absolute atomic E-state index is 2.41. The van der Waals surface area contributed by atoms with E-state index in [1.165, 1.54) is 19.3 Å². The van der Waals surface area contributed by atoms with Gasteiger partial charge in [0.05, 0.1) is 0 Å². The van der Waals surface area contributed by atoms with Crippen LogP contribution in [0.15, 0.2) is 35.5 Å². The molecule has 56 valence electrons. The SMILES string of the molecule is C1=CC2=C(C=CC3CC23)CC1. The van der Waals surface area contributed by atoms with Crippen LogP contribution in [-0.2, 0) is 0 Å². The normalized spacial score (nSPS) is 38.5. The molecule has 0 amide bonds. The van der Waals surface area contributed by atoms with E-state index in [0.29, 0.717) is 0 Å². The Labute approximate surface area is 67.3 Å². The lowest BCUT2D eigenvalue weighted by molar-refractivity contribution is 0.855. The Morgan fingerprint density at radius 2 is 2.27 bits per heavy atom. The van der Waals surface area contributed by atoms with E-state index in [0.717, 1.165) is 11.8 Å². The standard InChI is InChI=1S/C11H12/c1-2-4-10-8(3-1)5-6-9-7-11(9)10/h2,4-6,9,11H,1,3,7H2.